The van der Waals surface area contributed by atoms with E-state index in [1.807, 2.05) is 55.8 Å². The Balaban J connectivity index is 2.17. The maximum atomic E-state index is 4.45. The van der Waals surface area contributed by atoms with Gasteiger partial charge in [-0.1, -0.05) is 24.3 Å². The maximum absolute atomic E-state index is 4.45. The smallest absolute Gasteiger partial charge is 0.0755 e. The zero-order valence-corrected chi connectivity index (χ0v) is 10.7. The Morgan fingerprint density at radius 2 is 1.79 bits per heavy atom. The molecule has 0 aliphatic rings. The molecule has 2 aromatic heterocycles. The molecule has 0 bridgehead atoms. The first kappa shape index (κ1) is 11.8. The van der Waals surface area contributed by atoms with E-state index in [0.717, 1.165) is 16.6 Å². The van der Waals surface area contributed by atoms with E-state index < -0.39 is 0 Å². The molecule has 0 fully saturated rings. The lowest BCUT2D eigenvalue weighted by atomic mass is 9.98. The molecule has 94 valence electrons. The van der Waals surface area contributed by atoms with Gasteiger partial charge in [0.25, 0.3) is 0 Å². The van der Waals surface area contributed by atoms with E-state index >= 15 is 0 Å². The number of hydrogen-bond donors (Lipinski definition) is 1. The summed E-state index contributed by atoms with van der Waals surface area (Å²) in [5, 5.41) is 4.50. The van der Waals surface area contributed by atoms with Crippen LogP contribution < -0.4 is 5.32 Å². The Morgan fingerprint density at radius 3 is 2.58 bits per heavy atom. The van der Waals surface area contributed by atoms with Crippen molar-refractivity contribution in [2.24, 2.45) is 0 Å². The number of nitrogens with one attached hydrogen (secondary N) is 1. The van der Waals surface area contributed by atoms with Crippen LogP contribution in [0.2, 0.25) is 0 Å². The third-order valence-corrected chi connectivity index (χ3v) is 3.26. The molecule has 3 nitrogen and oxygen atoms in total. The van der Waals surface area contributed by atoms with Gasteiger partial charge in [0.2, 0.25) is 0 Å². The standard InChI is InChI=1S/C16H15N3/c1-17-16(15-8-2-3-10-19-15)13-6-4-9-14-12(13)7-5-11-18-14/h2-11,16-17H,1H3. The number of hydrogen-bond acceptors (Lipinski definition) is 3. The van der Waals surface area contributed by atoms with Crippen LogP contribution in [0.15, 0.2) is 60.9 Å². The van der Waals surface area contributed by atoms with Gasteiger partial charge < -0.3 is 5.32 Å². The molecular weight excluding hydrogens is 234 g/mol. The van der Waals surface area contributed by atoms with Gasteiger partial charge in [-0.3, -0.25) is 9.97 Å². The average molecular weight is 249 g/mol. The quantitative estimate of drug-likeness (QED) is 0.775. The van der Waals surface area contributed by atoms with E-state index in [9.17, 15) is 0 Å². The van der Waals surface area contributed by atoms with Crippen molar-refractivity contribution in [2.75, 3.05) is 7.05 Å². The minimum absolute atomic E-state index is 0.0779. The third kappa shape index (κ3) is 2.20. The summed E-state index contributed by atoms with van der Waals surface area (Å²) in [6, 6.07) is 16.3. The highest BCUT2D eigenvalue weighted by Gasteiger charge is 2.15. The van der Waals surface area contributed by atoms with Gasteiger partial charge in [-0.05, 0) is 36.9 Å². The summed E-state index contributed by atoms with van der Waals surface area (Å²) in [6.45, 7) is 0. The Bertz CT molecular complexity index is 674. The minimum Gasteiger partial charge on any atom is -0.308 e. The fourth-order valence-electron chi connectivity index (χ4n) is 2.39. The second-order valence-corrected chi connectivity index (χ2v) is 4.39. The number of aromatic nitrogens is 2. The number of fused-ring (bicyclic) bond motifs is 1. The molecule has 0 saturated heterocycles. The molecule has 1 unspecified atom stereocenters. The van der Waals surface area contributed by atoms with E-state index in [2.05, 4.69) is 27.4 Å². The largest absolute Gasteiger partial charge is 0.308 e. The van der Waals surface area contributed by atoms with E-state index in [1.165, 1.54) is 5.56 Å². The van der Waals surface area contributed by atoms with Gasteiger partial charge in [0.15, 0.2) is 0 Å². The molecule has 0 amide bonds. The Kier molecular flexibility index (Phi) is 3.21. The van der Waals surface area contributed by atoms with E-state index in [-0.39, 0.29) is 6.04 Å². The molecule has 2 heterocycles. The van der Waals surface area contributed by atoms with E-state index in [1.54, 1.807) is 0 Å². The van der Waals surface area contributed by atoms with Crippen molar-refractivity contribution in [3.05, 3.63) is 72.2 Å². The molecule has 0 aliphatic carbocycles. The van der Waals surface area contributed by atoms with Crippen molar-refractivity contribution >= 4 is 10.9 Å². The third-order valence-electron chi connectivity index (χ3n) is 3.26. The fourth-order valence-corrected chi connectivity index (χ4v) is 2.39. The zero-order chi connectivity index (χ0) is 13.1. The normalized spacial score (nSPS) is 12.5. The first-order valence-corrected chi connectivity index (χ1v) is 6.32. The van der Waals surface area contributed by atoms with Crippen molar-refractivity contribution in [1.29, 1.82) is 0 Å². The summed E-state index contributed by atoms with van der Waals surface area (Å²) < 4.78 is 0. The van der Waals surface area contributed by atoms with Crippen LogP contribution in [0.5, 0.6) is 0 Å². The summed E-state index contributed by atoms with van der Waals surface area (Å²) >= 11 is 0. The lowest BCUT2D eigenvalue weighted by Crippen LogP contribution is -2.19. The second kappa shape index (κ2) is 5.16. The van der Waals surface area contributed by atoms with Crippen molar-refractivity contribution in [1.82, 2.24) is 15.3 Å². The molecule has 3 rings (SSSR count). The fraction of sp³-hybridized carbons (Fsp3) is 0.125. The van der Waals surface area contributed by atoms with Gasteiger partial charge in [-0.25, -0.2) is 0 Å². The van der Waals surface area contributed by atoms with E-state index in [0.29, 0.717) is 0 Å². The lowest BCUT2D eigenvalue weighted by molar-refractivity contribution is 0.675. The van der Waals surface area contributed by atoms with Crippen LogP contribution in [-0.4, -0.2) is 17.0 Å². The highest BCUT2D eigenvalue weighted by molar-refractivity contribution is 5.82. The molecule has 1 atom stereocenters. The van der Waals surface area contributed by atoms with Crippen LogP contribution in [0.4, 0.5) is 0 Å². The topological polar surface area (TPSA) is 37.8 Å². The van der Waals surface area contributed by atoms with Gasteiger partial charge in [-0.2, -0.15) is 0 Å². The van der Waals surface area contributed by atoms with Crippen molar-refractivity contribution in [2.45, 2.75) is 6.04 Å². The van der Waals surface area contributed by atoms with Crippen LogP contribution >= 0.6 is 0 Å². The first-order chi connectivity index (χ1) is 9.40. The molecule has 0 saturated carbocycles. The molecule has 0 radical (unpaired) electrons. The molecular formula is C16H15N3. The SMILES string of the molecule is CNC(c1ccccn1)c1cccc2ncccc12. The summed E-state index contributed by atoms with van der Waals surface area (Å²) in [6.07, 6.45) is 3.64. The summed E-state index contributed by atoms with van der Waals surface area (Å²) in [4.78, 5) is 8.85. The van der Waals surface area contributed by atoms with Gasteiger partial charge in [0.1, 0.15) is 0 Å². The van der Waals surface area contributed by atoms with Crippen molar-refractivity contribution in [3.63, 3.8) is 0 Å². The van der Waals surface area contributed by atoms with Gasteiger partial charge in [0.05, 0.1) is 17.3 Å². The van der Waals surface area contributed by atoms with Gasteiger partial charge in [-0.15, -0.1) is 0 Å². The number of rotatable bonds is 3. The van der Waals surface area contributed by atoms with Crippen LogP contribution in [-0.2, 0) is 0 Å². The summed E-state index contributed by atoms with van der Waals surface area (Å²) in [5.74, 6) is 0. The molecule has 0 aliphatic heterocycles. The van der Waals surface area contributed by atoms with Crippen LogP contribution in [0.3, 0.4) is 0 Å². The second-order valence-electron chi connectivity index (χ2n) is 4.39. The number of benzene rings is 1. The van der Waals surface area contributed by atoms with Crippen LogP contribution in [0.1, 0.15) is 17.3 Å². The lowest BCUT2D eigenvalue weighted by Gasteiger charge is -2.17. The van der Waals surface area contributed by atoms with Crippen LogP contribution in [0.25, 0.3) is 10.9 Å². The minimum atomic E-state index is 0.0779. The predicted molar refractivity (Wildman–Crippen MR) is 76.9 cm³/mol. The monoisotopic (exact) mass is 249 g/mol. The van der Waals surface area contributed by atoms with Gasteiger partial charge >= 0.3 is 0 Å². The molecule has 3 heteroatoms. The summed E-state index contributed by atoms with van der Waals surface area (Å²) in [5.41, 5.74) is 3.23. The van der Waals surface area contributed by atoms with Crippen molar-refractivity contribution < 1.29 is 0 Å². The molecule has 0 spiro atoms. The number of nitrogens with zero attached hydrogens (tertiary/aromatic N) is 2. The van der Waals surface area contributed by atoms with Crippen LogP contribution in [0, 0.1) is 0 Å². The Hall–Kier alpha value is -2.26. The predicted octanol–water partition coefficient (Wildman–Crippen LogP) is 2.94. The van der Waals surface area contributed by atoms with Gasteiger partial charge in [0, 0.05) is 17.8 Å². The molecule has 3 aromatic rings. The highest BCUT2D eigenvalue weighted by atomic mass is 14.9. The Labute approximate surface area is 112 Å². The highest BCUT2D eigenvalue weighted by Crippen LogP contribution is 2.26. The zero-order valence-electron chi connectivity index (χ0n) is 10.7. The van der Waals surface area contributed by atoms with Crippen molar-refractivity contribution in [3.8, 4) is 0 Å². The summed E-state index contributed by atoms with van der Waals surface area (Å²) in [7, 11) is 1.95. The average Bonchev–Trinajstić information content (AvgIpc) is 2.49. The Morgan fingerprint density at radius 1 is 0.895 bits per heavy atom. The molecule has 19 heavy (non-hydrogen) atoms. The van der Waals surface area contributed by atoms with E-state index in [4.69, 9.17) is 0 Å². The number of pyridine rings is 2. The molecule has 1 aromatic carbocycles. The maximum Gasteiger partial charge on any atom is 0.0755 e. The first-order valence-electron chi connectivity index (χ1n) is 6.32. The molecule has 1 N–H and O–H groups in total.